The van der Waals surface area contributed by atoms with E-state index in [1.807, 2.05) is 6.92 Å². The highest BCUT2D eigenvalue weighted by Gasteiger charge is 2.60. The van der Waals surface area contributed by atoms with Crippen molar-refractivity contribution >= 4 is 34.9 Å². The minimum absolute atomic E-state index is 0.0401. The molecule has 152 valence electrons. The lowest BCUT2D eigenvalue weighted by molar-refractivity contribution is -0.163. The Morgan fingerprint density at radius 2 is 2.22 bits per heavy atom. The van der Waals surface area contributed by atoms with Gasteiger partial charge >= 0.3 is 5.97 Å². The number of rotatable bonds is 8. The number of nitrogens with zero attached hydrogens (tertiary/aromatic N) is 1. The molecule has 2 fully saturated rings. The summed E-state index contributed by atoms with van der Waals surface area (Å²) >= 11 is -0.660. The lowest BCUT2D eigenvalue weighted by Gasteiger charge is -2.46. The van der Waals surface area contributed by atoms with Gasteiger partial charge in [-0.05, 0) is 13.3 Å². The van der Waals surface area contributed by atoms with Gasteiger partial charge in [0.1, 0.15) is 5.70 Å². The number of carbonyl (C=O) groups excluding carboxylic acids is 1. The quantitative estimate of drug-likeness (QED) is 0.162. The molecule has 0 saturated carbocycles. The largest absolute Gasteiger partial charge is 0.477 e. The zero-order valence-corrected chi connectivity index (χ0v) is 16.5. The van der Waals surface area contributed by atoms with Crippen molar-refractivity contribution in [2.45, 2.75) is 43.7 Å². The van der Waals surface area contributed by atoms with E-state index in [1.54, 1.807) is 6.92 Å². The Kier molecular flexibility index (Phi) is 6.25. The second-order valence-electron chi connectivity index (χ2n) is 7.08. The molecule has 3 rings (SSSR count). The zero-order valence-electron chi connectivity index (χ0n) is 14.9. The van der Waals surface area contributed by atoms with Gasteiger partial charge in [-0.2, -0.15) is 4.83 Å². The fourth-order valence-electron chi connectivity index (χ4n) is 4.11. The lowest BCUT2D eigenvalue weighted by Crippen LogP contribution is -2.63. The molecule has 27 heavy (non-hydrogen) atoms. The van der Waals surface area contributed by atoms with E-state index in [0.29, 0.717) is 18.0 Å². The van der Waals surface area contributed by atoms with Crippen molar-refractivity contribution in [3.63, 3.8) is 0 Å². The first-order valence-corrected chi connectivity index (χ1v) is 10.7. The van der Waals surface area contributed by atoms with Gasteiger partial charge in [-0.15, -0.1) is 11.8 Å². The van der Waals surface area contributed by atoms with E-state index in [9.17, 15) is 24.0 Å². The molecule has 7 atom stereocenters. The smallest absolute Gasteiger partial charge is 0.353 e. The number of β-lactam (4-membered cyclic amide) rings is 1. The SMILES string of the molecule is C[C@@H](O)[C@H]1C(=O)N2C(C(=O)O)=C(SC3CN[C@H](CNNS(=O)O)C3)[C@H](C)[C@H]12. The van der Waals surface area contributed by atoms with Crippen LogP contribution in [0.25, 0.3) is 0 Å². The summed E-state index contributed by atoms with van der Waals surface area (Å²) in [6, 6.07) is -0.227. The number of aliphatic hydroxyl groups excluding tert-OH is 1. The van der Waals surface area contributed by atoms with Gasteiger partial charge < -0.3 is 20.4 Å². The minimum atomic E-state index is -2.13. The summed E-state index contributed by atoms with van der Waals surface area (Å²) in [6.45, 7) is 4.58. The number of hydrogen-bond acceptors (Lipinski definition) is 7. The van der Waals surface area contributed by atoms with E-state index in [2.05, 4.69) is 15.6 Å². The molecule has 2 saturated heterocycles. The van der Waals surface area contributed by atoms with Gasteiger partial charge in [-0.1, -0.05) is 6.92 Å². The Labute approximate surface area is 163 Å². The molecule has 1 amide bonds. The summed E-state index contributed by atoms with van der Waals surface area (Å²) in [5.41, 5.74) is 2.71. The molecule has 3 aliphatic heterocycles. The van der Waals surface area contributed by atoms with Crippen LogP contribution in [0, 0.1) is 11.8 Å². The van der Waals surface area contributed by atoms with Crippen molar-refractivity contribution in [2.24, 2.45) is 11.8 Å². The molecule has 10 nitrogen and oxygen atoms in total. The number of carboxylic acids is 1. The third-order valence-electron chi connectivity index (χ3n) is 5.29. The number of hydrazine groups is 1. The number of hydrogen-bond donors (Lipinski definition) is 6. The Balaban J connectivity index is 1.66. The fourth-order valence-corrected chi connectivity index (χ4v) is 5.84. The van der Waals surface area contributed by atoms with Crippen LogP contribution in [0.3, 0.4) is 0 Å². The predicted octanol–water partition coefficient (Wildman–Crippen LogP) is -1.17. The molecule has 2 unspecified atom stereocenters. The number of carboxylic acid groups (broad SMARTS) is 1. The Bertz CT molecular complexity index is 687. The summed E-state index contributed by atoms with van der Waals surface area (Å²) in [4.78, 5) is 28.4. The molecule has 3 aliphatic rings. The van der Waals surface area contributed by atoms with Gasteiger partial charge in [-0.3, -0.25) is 9.35 Å². The van der Waals surface area contributed by atoms with Gasteiger partial charge in [0.2, 0.25) is 17.2 Å². The number of aliphatic hydroxyl groups is 1. The second kappa shape index (κ2) is 8.15. The van der Waals surface area contributed by atoms with Crippen LogP contribution in [0.5, 0.6) is 0 Å². The fraction of sp³-hybridized carbons (Fsp3) is 0.733. The molecule has 0 spiro atoms. The Morgan fingerprint density at radius 3 is 2.81 bits per heavy atom. The van der Waals surface area contributed by atoms with Crippen LogP contribution in [0.2, 0.25) is 0 Å². The van der Waals surface area contributed by atoms with Crippen LogP contribution in [0.1, 0.15) is 20.3 Å². The third-order valence-corrected chi connectivity index (χ3v) is 7.12. The second-order valence-corrected chi connectivity index (χ2v) is 9.13. The molecular weight excluding hydrogens is 396 g/mol. The predicted molar refractivity (Wildman–Crippen MR) is 99.3 cm³/mol. The number of thioether (sulfide) groups is 1. The monoisotopic (exact) mass is 420 g/mol. The number of amides is 1. The highest BCUT2D eigenvalue weighted by molar-refractivity contribution is 8.03. The molecule has 0 aromatic rings. The summed E-state index contributed by atoms with van der Waals surface area (Å²) in [7, 11) is 0. The van der Waals surface area contributed by atoms with Crippen molar-refractivity contribution in [3.8, 4) is 0 Å². The van der Waals surface area contributed by atoms with Crippen LogP contribution in [-0.4, -0.2) is 72.3 Å². The minimum Gasteiger partial charge on any atom is -0.477 e. The highest BCUT2D eigenvalue weighted by Crippen LogP contribution is 2.51. The first-order chi connectivity index (χ1) is 12.7. The zero-order chi connectivity index (χ0) is 19.9. The van der Waals surface area contributed by atoms with Crippen LogP contribution >= 0.6 is 11.8 Å². The maximum absolute atomic E-state index is 12.3. The van der Waals surface area contributed by atoms with Gasteiger partial charge in [0.25, 0.3) is 0 Å². The normalized spacial score (nSPS) is 35.2. The van der Waals surface area contributed by atoms with Gasteiger partial charge in [0, 0.05) is 35.2 Å². The van der Waals surface area contributed by atoms with E-state index in [1.165, 1.54) is 16.7 Å². The standard InChI is InChI=1S/C15H24N4O6S2/c1-6-11-10(7(2)20)14(21)19(11)12(15(22)23)13(6)26-9-3-8(16-5-9)4-17-18-27(24)25/h6-11,16-18,20H,3-5H2,1-2H3,(H,22,23)(H,24,25)/t6-,7-,8+,9?,10-,11-/m1/s1. The highest BCUT2D eigenvalue weighted by atomic mass is 32.2. The Hall–Kier alpha value is -1.02. The van der Waals surface area contributed by atoms with Crippen molar-refractivity contribution in [3.05, 3.63) is 10.6 Å². The van der Waals surface area contributed by atoms with E-state index in [4.69, 9.17) is 4.55 Å². The molecule has 6 N–H and O–H groups in total. The summed E-state index contributed by atoms with van der Waals surface area (Å²) in [5, 5.41) is 22.9. The molecule has 0 aromatic carbocycles. The van der Waals surface area contributed by atoms with E-state index in [0.717, 1.165) is 6.42 Å². The molecule has 0 aromatic heterocycles. The molecular formula is C15H24N4O6S2. The molecule has 0 bridgehead atoms. The Morgan fingerprint density at radius 1 is 1.52 bits per heavy atom. The van der Waals surface area contributed by atoms with Crippen molar-refractivity contribution < 1.29 is 28.6 Å². The first kappa shape index (κ1) is 20.7. The average Bonchev–Trinajstić information content (AvgIpc) is 3.09. The number of carbonyl (C=O) groups is 2. The van der Waals surface area contributed by atoms with Gasteiger partial charge in [-0.25, -0.2) is 14.4 Å². The summed E-state index contributed by atoms with van der Waals surface area (Å²) in [5.74, 6) is -2.15. The van der Waals surface area contributed by atoms with Crippen LogP contribution < -0.4 is 15.6 Å². The molecule has 3 heterocycles. The van der Waals surface area contributed by atoms with Gasteiger partial charge in [0.05, 0.1) is 18.1 Å². The van der Waals surface area contributed by atoms with Crippen LogP contribution in [0.4, 0.5) is 0 Å². The maximum atomic E-state index is 12.3. The van der Waals surface area contributed by atoms with Crippen LogP contribution in [0.15, 0.2) is 10.6 Å². The van der Waals surface area contributed by atoms with E-state index in [-0.39, 0.29) is 34.9 Å². The van der Waals surface area contributed by atoms with Crippen molar-refractivity contribution in [1.29, 1.82) is 0 Å². The van der Waals surface area contributed by atoms with E-state index >= 15 is 0 Å². The molecule has 12 heteroatoms. The van der Waals surface area contributed by atoms with Crippen molar-refractivity contribution in [2.75, 3.05) is 13.1 Å². The average molecular weight is 421 g/mol. The summed E-state index contributed by atoms with van der Waals surface area (Å²) < 4.78 is 19.3. The summed E-state index contributed by atoms with van der Waals surface area (Å²) in [6.07, 6.45) is -0.0623. The third kappa shape index (κ3) is 3.92. The van der Waals surface area contributed by atoms with Gasteiger partial charge in [0.15, 0.2) is 0 Å². The van der Waals surface area contributed by atoms with E-state index < -0.39 is 29.3 Å². The number of fused-ring (bicyclic) bond motifs is 1. The molecule has 0 radical (unpaired) electrons. The maximum Gasteiger partial charge on any atom is 0.353 e. The number of nitrogens with one attached hydrogen (secondary N) is 3. The first-order valence-electron chi connectivity index (χ1n) is 8.70. The lowest BCUT2D eigenvalue weighted by atomic mass is 9.79. The molecule has 0 aliphatic carbocycles. The number of aliphatic carboxylic acids is 1. The van der Waals surface area contributed by atoms with Crippen LogP contribution in [-0.2, 0) is 20.9 Å². The van der Waals surface area contributed by atoms with Crippen molar-refractivity contribution in [1.82, 2.24) is 20.5 Å². The topological polar surface area (TPSA) is 151 Å².